The van der Waals surface area contributed by atoms with E-state index in [1.54, 1.807) is 0 Å². The van der Waals surface area contributed by atoms with Crippen LogP contribution in [0, 0.1) is 11.8 Å². The van der Waals surface area contributed by atoms with E-state index in [4.69, 9.17) is 19.8 Å². The number of carbonyl (C=O) groups is 1. The van der Waals surface area contributed by atoms with Crippen LogP contribution >= 0.6 is 15.6 Å². The van der Waals surface area contributed by atoms with Gasteiger partial charge in [-0.2, -0.15) is 4.89 Å². The molecule has 0 aromatic rings. The number of rotatable bonds is 7. The van der Waals surface area contributed by atoms with Gasteiger partial charge < -0.3 is 20.0 Å². The number of aliphatic hydroxyl groups is 1. The molecule has 10 heteroatoms. The Hall–Kier alpha value is -0.360. The first-order valence-electron chi connectivity index (χ1n) is 5.15. The van der Waals surface area contributed by atoms with E-state index < -0.39 is 38.5 Å². The summed E-state index contributed by atoms with van der Waals surface area (Å²) in [5.74, 6) is -3.50. The fourth-order valence-electron chi connectivity index (χ4n) is 1.63. The minimum Gasteiger partial charge on any atom is -0.481 e. The third-order valence-electron chi connectivity index (χ3n) is 2.81. The zero-order valence-corrected chi connectivity index (χ0v) is 11.7. The van der Waals surface area contributed by atoms with Crippen molar-refractivity contribution < 1.29 is 38.8 Å². The molecule has 0 bridgehead atoms. The van der Waals surface area contributed by atoms with E-state index >= 15 is 0 Å². The van der Waals surface area contributed by atoms with Crippen LogP contribution in [0.2, 0.25) is 0 Å². The summed E-state index contributed by atoms with van der Waals surface area (Å²) in [6, 6.07) is 0. The molecular weight excluding hydrogens is 286 g/mol. The van der Waals surface area contributed by atoms with Crippen LogP contribution in [-0.4, -0.2) is 35.9 Å². The van der Waals surface area contributed by atoms with Crippen molar-refractivity contribution in [3.63, 3.8) is 0 Å². The Labute approximate surface area is 105 Å². The quantitative estimate of drug-likeness (QED) is 0.430. The lowest BCUT2D eigenvalue weighted by atomic mass is 9.94. The summed E-state index contributed by atoms with van der Waals surface area (Å²) in [6.45, 7) is 2.73. The van der Waals surface area contributed by atoms with E-state index in [1.165, 1.54) is 13.8 Å². The molecule has 0 saturated heterocycles. The molecule has 0 amide bonds. The van der Waals surface area contributed by atoms with Crippen molar-refractivity contribution in [2.45, 2.75) is 31.8 Å². The molecule has 5 N–H and O–H groups in total. The smallest absolute Gasteiger partial charge is 0.481 e. The maximum absolute atomic E-state index is 11.2. The Bertz CT molecular complexity index is 377. The van der Waals surface area contributed by atoms with E-state index in [0.717, 1.165) is 0 Å². The van der Waals surface area contributed by atoms with Crippen molar-refractivity contribution >= 4 is 21.6 Å². The highest BCUT2D eigenvalue weighted by atomic mass is 31.2. The van der Waals surface area contributed by atoms with E-state index in [1.807, 2.05) is 0 Å². The molecule has 0 aromatic carbocycles. The lowest BCUT2D eigenvalue weighted by molar-refractivity contribution is -0.142. The molecule has 0 aliphatic rings. The lowest BCUT2D eigenvalue weighted by Crippen LogP contribution is -2.36. The maximum atomic E-state index is 11.2. The minimum absolute atomic E-state index is 0.0408. The van der Waals surface area contributed by atoms with Gasteiger partial charge in [-0.05, 0) is 17.4 Å². The molecular formula is C8H17O8P2+. The van der Waals surface area contributed by atoms with Gasteiger partial charge in [-0.25, -0.2) is 0 Å². The highest BCUT2D eigenvalue weighted by molar-refractivity contribution is 7.66. The van der Waals surface area contributed by atoms with Crippen molar-refractivity contribution in [1.29, 1.82) is 0 Å². The number of carboxylic acids is 1. The summed E-state index contributed by atoms with van der Waals surface area (Å²) in [6.07, 6.45) is -0.351. The van der Waals surface area contributed by atoms with Gasteiger partial charge in [0.1, 0.15) is 0 Å². The van der Waals surface area contributed by atoms with Crippen LogP contribution in [0.5, 0.6) is 0 Å². The van der Waals surface area contributed by atoms with Crippen LogP contribution in [0.1, 0.15) is 26.7 Å². The second kappa shape index (κ2) is 6.19. The van der Waals surface area contributed by atoms with Crippen molar-refractivity contribution in [1.82, 2.24) is 0 Å². The van der Waals surface area contributed by atoms with E-state index in [2.05, 4.69) is 0 Å². The first-order valence-corrected chi connectivity index (χ1v) is 7.97. The van der Waals surface area contributed by atoms with Crippen LogP contribution in [0.25, 0.3) is 0 Å². The topological polar surface area (TPSA) is 152 Å². The Morgan fingerprint density at radius 1 is 1.44 bits per heavy atom. The molecule has 0 radical (unpaired) electrons. The Balaban J connectivity index is 5.40. The molecule has 0 rings (SSSR count). The first kappa shape index (κ1) is 17.6. The molecule has 0 aliphatic carbocycles. The average Bonchev–Trinajstić information content (AvgIpc) is 2.22. The Kier molecular flexibility index (Phi) is 6.07. The number of aliphatic carboxylic acids is 1. The molecule has 0 fully saturated rings. The summed E-state index contributed by atoms with van der Waals surface area (Å²) in [4.78, 5) is 37.7. The molecule has 0 heterocycles. The second-order valence-corrected chi connectivity index (χ2v) is 7.43. The van der Waals surface area contributed by atoms with Gasteiger partial charge in [0.2, 0.25) is 0 Å². The average molecular weight is 303 g/mol. The lowest BCUT2D eigenvalue weighted by Gasteiger charge is -2.26. The zero-order chi connectivity index (χ0) is 14.7. The van der Waals surface area contributed by atoms with Gasteiger partial charge in [0.25, 0.3) is 0 Å². The fraction of sp³-hybridized carbons (Fsp3) is 0.875. The summed E-state index contributed by atoms with van der Waals surface area (Å²) in [5.41, 5.74) is 0. The predicted molar refractivity (Wildman–Crippen MR) is 62.0 cm³/mol. The van der Waals surface area contributed by atoms with Gasteiger partial charge in [-0.1, -0.05) is 13.8 Å². The summed E-state index contributed by atoms with van der Waals surface area (Å²) < 4.78 is 22.3. The summed E-state index contributed by atoms with van der Waals surface area (Å²) >= 11 is 0. The Morgan fingerprint density at radius 3 is 2.11 bits per heavy atom. The van der Waals surface area contributed by atoms with Gasteiger partial charge in [-0.15, -0.1) is 0 Å². The third-order valence-corrected chi connectivity index (χ3v) is 6.26. The third kappa shape index (κ3) is 3.57. The number of hydrogen-bond donors (Lipinski definition) is 5. The zero-order valence-electron chi connectivity index (χ0n) is 9.92. The molecule has 0 spiro atoms. The van der Waals surface area contributed by atoms with Crippen LogP contribution in [0.4, 0.5) is 0 Å². The van der Waals surface area contributed by atoms with Gasteiger partial charge in [0, 0.05) is 0 Å². The maximum Gasteiger partial charge on any atom is 0.554 e. The number of hydrogen-bond acceptors (Lipinski definition) is 4. The molecule has 4 unspecified atom stereocenters. The van der Waals surface area contributed by atoms with Gasteiger partial charge in [-0.3, -0.25) is 9.36 Å². The van der Waals surface area contributed by atoms with Crippen LogP contribution < -0.4 is 0 Å². The molecule has 0 saturated carbocycles. The van der Waals surface area contributed by atoms with Crippen LogP contribution in [-0.2, 0) is 13.9 Å². The van der Waals surface area contributed by atoms with Gasteiger partial charge >= 0.3 is 26.7 Å². The van der Waals surface area contributed by atoms with Gasteiger partial charge in [0.05, 0.1) is 11.8 Å². The van der Waals surface area contributed by atoms with Crippen molar-refractivity contribution in [3.05, 3.63) is 0 Å². The van der Waals surface area contributed by atoms with Crippen molar-refractivity contribution in [2.24, 2.45) is 11.8 Å². The Morgan fingerprint density at radius 2 is 1.89 bits per heavy atom. The first-order chi connectivity index (χ1) is 7.98. The number of carboxylic acid groups (broad SMARTS) is 1. The van der Waals surface area contributed by atoms with Crippen molar-refractivity contribution in [2.75, 3.05) is 0 Å². The summed E-state index contributed by atoms with van der Waals surface area (Å²) in [5, 5.41) is 15.4. The fourth-order valence-corrected chi connectivity index (χ4v) is 3.89. The molecule has 18 heavy (non-hydrogen) atoms. The minimum atomic E-state index is -5.27. The molecule has 8 nitrogen and oxygen atoms in total. The monoisotopic (exact) mass is 303 g/mol. The second-order valence-electron chi connectivity index (χ2n) is 4.08. The van der Waals surface area contributed by atoms with E-state index in [9.17, 15) is 19.0 Å². The SMILES string of the molecule is CCC(CC(C)C(=O)O)C(O)([P+](=O)O)P(=O)(O)O. The van der Waals surface area contributed by atoms with Crippen molar-refractivity contribution in [3.8, 4) is 0 Å². The normalized spacial score (nSPS) is 19.8. The molecule has 4 atom stereocenters. The standard InChI is InChI=1S/C8H16O8P2/c1-3-6(4-5(2)7(9)10)8(11,17(12)13)18(14,15)16/h5-6,11H,3-4H2,1-2H3,(H3-,9,10,12,13,14,15,16)/p+1. The van der Waals surface area contributed by atoms with E-state index in [0.29, 0.717) is 0 Å². The van der Waals surface area contributed by atoms with Gasteiger partial charge in [0.15, 0.2) is 0 Å². The van der Waals surface area contributed by atoms with Crippen LogP contribution in [0.3, 0.4) is 0 Å². The molecule has 0 aliphatic heterocycles. The molecule has 106 valence electrons. The largest absolute Gasteiger partial charge is 0.554 e. The highest BCUT2D eigenvalue weighted by Crippen LogP contribution is 2.64. The van der Waals surface area contributed by atoms with E-state index in [-0.39, 0.29) is 12.8 Å². The summed E-state index contributed by atoms with van der Waals surface area (Å²) in [7, 11) is -8.85. The molecule has 0 aromatic heterocycles. The highest BCUT2D eigenvalue weighted by Gasteiger charge is 2.67. The predicted octanol–water partition coefficient (Wildman–Crippen LogP) is 0.682. The van der Waals surface area contributed by atoms with Crippen LogP contribution in [0.15, 0.2) is 0 Å².